The average Bonchev–Trinajstić information content (AvgIpc) is 2.60. The Morgan fingerprint density at radius 3 is 1.59 bits per heavy atom. The number of furan rings is 1. The van der Waals surface area contributed by atoms with Crippen LogP contribution in [0.2, 0.25) is 0 Å². The molecule has 6 heteroatoms. The molecule has 0 N–H and O–H groups in total. The van der Waals surface area contributed by atoms with Crippen molar-refractivity contribution in [3.05, 3.63) is 260 Å². The lowest BCUT2D eigenvalue weighted by atomic mass is 9.33. The molecule has 2 aromatic heterocycles. The Morgan fingerprint density at radius 2 is 0.900 bits per heavy atom. The van der Waals surface area contributed by atoms with Gasteiger partial charge in [-0.3, -0.25) is 0 Å². The van der Waals surface area contributed by atoms with Crippen LogP contribution in [0.3, 0.4) is 0 Å². The van der Waals surface area contributed by atoms with Crippen LogP contribution in [0.5, 0.6) is 0 Å². The van der Waals surface area contributed by atoms with Gasteiger partial charge in [0, 0.05) is 78.4 Å². The van der Waals surface area contributed by atoms with Gasteiger partial charge in [0.05, 0.1) is 11.0 Å². The standard InChI is InChI=1S/C74H59BN4O/c1-73(2,3)50-31-35-53(36-32-50)78-65-28-18-29-66-72(65)75(63-46-60-58-25-13-15-27-64(58)77(52-22-11-8-12-23-52)67(60)47-69(63)79(66)54-37-33-51(34-38-54)74(4,5)6)62-41-39-57(45-68(62)78)76(55-24-17-21-49(43-55)48-19-9-7-10-20-48)56-40-42-71-61(44-56)59-26-14-16-30-70(59)80-71/h7-47H,1-6H3. The summed E-state index contributed by atoms with van der Waals surface area (Å²) in [4.78, 5) is 7.51. The van der Waals surface area contributed by atoms with Crippen molar-refractivity contribution in [3.63, 3.8) is 0 Å². The maximum atomic E-state index is 6.44. The normalized spacial score (nSPS) is 13.1. The highest BCUT2D eigenvalue weighted by molar-refractivity contribution is 7.00. The van der Waals surface area contributed by atoms with Gasteiger partial charge in [0.15, 0.2) is 0 Å². The van der Waals surface area contributed by atoms with Gasteiger partial charge in [0.1, 0.15) is 11.2 Å². The maximum absolute atomic E-state index is 6.44. The van der Waals surface area contributed by atoms with Crippen LogP contribution >= 0.6 is 0 Å². The molecule has 0 fully saturated rings. The summed E-state index contributed by atoms with van der Waals surface area (Å²) in [6, 6.07) is 92.3. The number of hydrogen-bond acceptors (Lipinski definition) is 4. The van der Waals surface area contributed by atoms with Crippen LogP contribution in [0, 0.1) is 0 Å². The van der Waals surface area contributed by atoms with E-state index in [1.807, 2.05) is 6.07 Å². The van der Waals surface area contributed by atoms with Crippen molar-refractivity contribution in [1.29, 1.82) is 0 Å². The van der Waals surface area contributed by atoms with E-state index in [2.05, 4.69) is 303 Å². The zero-order valence-electron chi connectivity index (χ0n) is 45.9. The van der Waals surface area contributed by atoms with E-state index in [-0.39, 0.29) is 17.5 Å². The second kappa shape index (κ2) is 18.0. The van der Waals surface area contributed by atoms with Gasteiger partial charge in [0.2, 0.25) is 0 Å². The summed E-state index contributed by atoms with van der Waals surface area (Å²) < 4.78 is 8.89. The van der Waals surface area contributed by atoms with Gasteiger partial charge in [0.25, 0.3) is 6.71 Å². The van der Waals surface area contributed by atoms with Crippen molar-refractivity contribution in [1.82, 2.24) is 4.57 Å². The number of aromatic nitrogens is 1. The molecule has 80 heavy (non-hydrogen) atoms. The minimum Gasteiger partial charge on any atom is -0.456 e. The summed E-state index contributed by atoms with van der Waals surface area (Å²) in [5.41, 5.74) is 24.0. The minimum atomic E-state index is -0.109. The minimum absolute atomic E-state index is 0.00435. The number of benzene rings is 11. The molecule has 0 bridgehead atoms. The van der Waals surface area contributed by atoms with E-state index >= 15 is 0 Å². The molecule has 0 atom stereocenters. The molecular formula is C74H59BN4O. The third-order valence-electron chi connectivity index (χ3n) is 16.9. The van der Waals surface area contributed by atoms with Crippen molar-refractivity contribution in [2.45, 2.75) is 52.4 Å². The van der Waals surface area contributed by atoms with Gasteiger partial charge in [-0.05, 0) is 159 Å². The molecule has 13 aromatic rings. The zero-order chi connectivity index (χ0) is 54.0. The van der Waals surface area contributed by atoms with Crippen molar-refractivity contribution < 1.29 is 4.42 Å². The van der Waals surface area contributed by atoms with E-state index < -0.39 is 0 Å². The van der Waals surface area contributed by atoms with E-state index in [4.69, 9.17) is 4.42 Å². The maximum Gasteiger partial charge on any atom is 0.252 e. The van der Waals surface area contributed by atoms with Crippen LogP contribution in [-0.4, -0.2) is 11.3 Å². The van der Waals surface area contributed by atoms with Crippen molar-refractivity contribution in [2.24, 2.45) is 0 Å². The quantitative estimate of drug-likeness (QED) is 0.149. The molecule has 0 saturated carbocycles. The van der Waals surface area contributed by atoms with Crippen LogP contribution < -0.4 is 31.1 Å². The van der Waals surface area contributed by atoms with Gasteiger partial charge < -0.3 is 23.7 Å². The van der Waals surface area contributed by atoms with E-state index in [9.17, 15) is 0 Å². The fraction of sp³-hybridized carbons (Fsp3) is 0.108. The van der Waals surface area contributed by atoms with Gasteiger partial charge in [-0.1, -0.05) is 181 Å². The van der Waals surface area contributed by atoms with E-state index in [0.29, 0.717) is 0 Å². The Bertz CT molecular complexity index is 4560. The van der Waals surface area contributed by atoms with Crippen LogP contribution in [0.4, 0.5) is 51.2 Å². The summed E-state index contributed by atoms with van der Waals surface area (Å²) in [6.45, 7) is 13.7. The van der Waals surface area contributed by atoms with Gasteiger partial charge in [-0.15, -0.1) is 0 Å². The molecule has 0 saturated heterocycles. The number of rotatable bonds is 7. The van der Waals surface area contributed by atoms with E-state index in [1.165, 1.54) is 71.9 Å². The summed E-state index contributed by atoms with van der Waals surface area (Å²) in [5, 5.41) is 4.65. The molecule has 0 aliphatic carbocycles. The highest BCUT2D eigenvalue weighted by atomic mass is 16.3. The molecule has 0 unspecified atom stereocenters. The van der Waals surface area contributed by atoms with E-state index in [1.54, 1.807) is 0 Å². The van der Waals surface area contributed by atoms with Gasteiger partial charge >= 0.3 is 0 Å². The molecule has 2 aliphatic rings. The summed E-state index contributed by atoms with van der Waals surface area (Å²) in [6.07, 6.45) is 0. The van der Waals surface area contributed by atoms with Gasteiger partial charge in [-0.2, -0.15) is 0 Å². The highest BCUT2D eigenvalue weighted by Crippen LogP contribution is 2.49. The molecule has 5 nitrogen and oxygen atoms in total. The molecule has 4 heterocycles. The van der Waals surface area contributed by atoms with Crippen molar-refractivity contribution in [2.75, 3.05) is 14.7 Å². The first-order valence-corrected chi connectivity index (χ1v) is 28.0. The largest absolute Gasteiger partial charge is 0.456 e. The predicted octanol–water partition coefficient (Wildman–Crippen LogP) is 18.5. The Balaban J connectivity index is 1.01. The Labute approximate surface area is 468 Å². The molecular weight excluding hydrogens is 972 g/mol. The molecule has 0 spiro atoms. The average molecular weight is 1030 g/mol. The topological polar surface area (TPSA) is 27.8 Å². The van der Waals surface area contributed by atoms with Gasteiger partial charge in [-0.25, -0.2) is 0 Å². The second-order valence-corrected chi connectivity index (χ2v) is 23.8. The molecule has 0 radical (unpaired) electrons. The molecule has 11 aromatic carbocycles. The number of anilines is 9. The SMILES string of the molecule is CC(C)(C)c1ccc(N2c3cc(N(c4cccc(-c5ccccc5)c4)c4ccc5oc6ccccc6c5c4)ccc3B3c4cc5c6ccccc6n(-c6ccccc6)c5cc4N(c4ccc(C(C)(C)C)cc4)c4cccc2c43)cc1. The smallest absolute Gasteiger partial charge is 0.252 e. The first kappa shape index (κ1) is 47.7. The third-order valence-corrected chi connectivity index (χ3v) is 16.9. The number of para-hydroxylation sites is 3. The first-order valence-electron chi connectivity index (χ1n) is 28.0. The second-order valence-electron chi connectivity index (χ2n) is 23.8. The fourth-order valence-corrected chi connectivity index (χ4v) is 12.9. The summed E-state index contributed by atoms with van der Waals surface area (Å²) in [7, 11) is 0. The number of fused-ring (bicyclic) bond motifs is 10. The van der Waals surface area contributed by atoms with Crippen LogP contribution in [0.15, 0.2) is 253 Å². The van der Waals surface area contributed by atoms with Crippen LogP contribution in [0.1, 0.15) is 52.7 Å². The third kappa shape index (κ3) is 7.61. The lowest BCUT2D eigenvalue weighted by Gasteiger charge is -2.44. The summed E-state index contributed by atoms with van der Waals surface area (Å²) in [5.74, 6) is 0. The van der Waals surface area contributed by atoms with E-state index in [0.717, 1.165) is 67.3 Å². The Kier molecular flexibility index (Phi) is 10.7. The molecule has 2 aliphatic heterocycles. The van der Waals surface area contributed by atoms with Crippen molar-refractivity contribution in [3.8, 4) is 16.8 Å². The lowest BCUT2D eigenvalue weighted by molar-refractivity contribution is 0.590. The fourth-order valence-electron chi connectivity index (χ4n) is 12.9. The molecule has 384 valence electrons. The molecule has 0 amide bonds. The lowest BCUT2D eigenvalue weighted by Crippen LogP contribution is -2.61. The zero-order valence-corrected chi connectivity index (χ0v) is 45.9. The predicted molar refractivity (Wildman–Crippen MR) is 340 cm³/mol. The number of hydrogen-bond donors (Lipinski definition) is 0. The van der Waals surface area contributed by atoms with Crippen LogP contribution in [0.25, 0.3) is 60.6 Å². The van der Waals surface area contributed by atoms with Crippen LogP contribution in [-0.2, 0) is 10.8 Å². The molecule has 15 rings (SSSR count). The highest BCUT2D eigenvalue weighted by Gasteiger charge is 2.44. The number of nitrogens with zero attached hydrogens (tertiary/aromatic N) is 4. The van der Waals surface area contributed by atoms with Crippen molar-refractivity contribution >= 4 is 118 Å². The Morgan fingerprint density at radius 1 is 0.350 bits per heavy atom. The first-order chi connectivity index (χ1) is 38.9. The summed E-state index contributed by atoms with van der Waals surface area (Å²) >= 11 is 0. The monoisotopic (exact) mass is 1030 g/mol. The Hall–Kier alpha value is -9.52.